The van der Waals surface area contributed by atoms with Crippen LogP contribution in [0.4, 0.5) is 0 Å². The molecule has 4 rings (SSSR count). The van der Waals surface area contributed by atoms with Crippen molar-refractivity contribution in [2.45, 2.75) is 11.4 Å². The van der Waals surface area contributed by atoms with E-state index in [0.717, 1.165) is 35.1 Å². The molecule has 1 N–H and O–H groups in total. The largest absolute Gasteiger partial charge is 0.336 e. The monoisotopic (exact) mass is 489 g/mol. The third-order valence-electron chi connectivity index (χ3n) is 5.52. The van der Waals surface area contributed by atoms with Gasteiger partial charge in [0.2, 0.25) is 10.0 Å². The summed E-state index contributed by atoms with van der Waals surface area (Å²) in [6, 6.07) is 18.2. The molecule has 168 valence electrons. The standard InChI is InChI=1S/C23H24ClN3O3S2/c1-25-32(29,30)19-9-6-17(7-10-19)23(28)27-14-12-26(13-15-27)16-18-8-11-22(31-18)20-4-2-3-5-21(20)24/h2-11,25H,12-16H2,1H3. The Morgan fingerprint density at radius 2 is 1.69 bits per heavy atom. The van der Waals surface area contributed by atoms with E-state index >= 15 is 0 Å². The van der Waals surface area contributed by atoms with Crippen LogP contribution in [0, 0.1) is 0 Å². The fourth-order valence-corrected chi connectivity index (χ4v) is 5.79. The lowest BCUT2D eigenvalue weighted by atomic mass is 10.2. The van der Waals surface area contributed by atoms with Crippen LogP contribution in [0.15, 0.2) is 65.6 Å². The molecule has 0 saturated carbocycles. The molecule has 0 unspecified atom stereocenters. The second-order valence-electron chi connectivity index (χ2n) is 7.55. The number of hydrogen-bond acceptors (Lipinski definition) is 5. The quantitative estimate of drug-likeness (QED) is 0.569. The number of nitrogens with one attached hydrogen (secondary N) is 1. The molecule has 0 spiro atoms. The Labute approximate surface area is 197 Å². The Balaban J connectivity index is 1.33. The summed E-state index contributed by atoms with van der Waals surface area (Å²) < 4.78 is 26.0. The molecule has 0 atom stereocenters. The number of benzene rings is 2. The lowest BCUT2D eigenvalue weighted by molar-refractivity contribution is 0.0629. The summed E-state index contributed by atoms with van der Waals surface area (Å²) >= 11 is 8.06. The summed E-state index contributed by atoms with van der Waals surface area (Å²) in [5, 5.41) is 0.754. The lowest BCUT2D eigenvalue weighted by Gasteiger charge is -2.34. The molecule has 1 aliphatic rings. The molecule has 9 heteroatoms. The summed E-state index contributed by atoms with van der Waals surface area (Å²) in [4.78, 5) is 19.5. The topological polar surface area (TPSA) is 69.7 Å². The van der Waals surface area contributed by atoms with E-state index in [1.807, 2.05) is 29.2 Å². The zero-order valence-electron chi connectivity index (χ0n) is 17.6. The third-order valence-corrected chi connectivity index (χ3v) is 8.38. The number of nitrogens with zero attached hydrogens (tertiary/aromatic N) is 2. The fourth-order valence-electron chi connectivity index (χ4n) is 3.68. The minimum atomic E-state index is -3.51. The van der Waals surface area contributed by atoms with Gasteiger partial charge in [-0.05, 0) is 49.5 Å². The Kier molecular flexibility index (Phi) is 6.97. The zero-order chi connectivity index (χ0) is 22.7. The van der Waals surface area contributed by atoms with Crippen LogP contribution in [0.1, 0.15) is 15.2 Å². The Hall–Kier alpha value is -2.23. The van der Waals surface area contributed by atoms with E-state index in [1.165, 1.54) is 24.1 Å². The number of hydrogen-bond donors (Lipinski definition) is 1. The molecule has 1 amide bonds. The number of sulfonamides is 1. The average Bonchev–Trinajstić information content (AvgIpc) is 3.27. The van der Waals surface area contributed by atoms with Crippen molar-refractivity contribution in [3.63, 3.8) is 0 Å². The molecule has 2 heterocycles. The normalized spacial score (nSPS) is 15.1. The number of piperazine rings is 1. The van der Waals surface area contributed by atoms with E-state index in [0.29, 0.717) is 18.7 Å². The number of carbonyl (C=O) groups excluding carboxylic acids is 1. The second-order valence-corrected chi connectivity index (χ2v) is 11.0. The van der Waals surface area contributed by atoms with E-state index in [2.05, 4.69) is 21.8 Å². The second kappa shape index (κ2) is 9.72. The first-order chi connectivity index (χ1) is 15.4. The maximum Gasteiger partial charge on any atom is 0.253 e. The van der Waals surface area contributed by atoms with E-state index < -0.39 is 10.0 Å². The summed E-state index contributed by atoms with van der Waals surface area (Å²) in [6.07, 6.45) is 0. The van der Waals surface area contributed by atoms with Gasteiger partial charge in [0.25, 0.3) is 5.91 Å². The van der Waals surface area contributed by atoms with Gasteiger partial charge in [0.05, 0.1) is 4.90 Å². The first kappa shape index (κ1) is 22.9. The lowest BCUT2D eigenvalue weighted by Crippen LogP contribution is -2.48. The fraction of sp³-hybridized carbons (Fsp3) is 0.261. The van der Waals surface area contributed by atoms with Crippen molar-refractivity contribution in [2.75, 3.05) is 33.2 Å². The van der Waals surface area contributed by atoms with Crippen LogP contribution in [0.5, 0.6) is 0 Å². The van der Waals surface area contributed by atoms with Gasteiger partial charge in [-0.3, -0.25) is 9.69 Å². The molecule has 0 aliphatic carbocycles. The van der Waals surface area contributed by atoms with Gasteiger partial charge in [-0.25, -0.2) is 13.1 Å². The maximum absolute atomic E-state index is 12.8. The predicted molar refractivity (Wildman–Crippen MR) is 129 cm³/mol. The first-order valence-electron chi connectivity index (χ1n) is 10.3. The van der Waals surface area contributed by atoms with Gasteiger partial charge >= 0.3 is 0 Å². The number of halogens is 1. The summed E-state index contributed by atoms with van der Waals surface area (Å²) in [6.45, 7) is 3.69. The molecule has 2 aromatic carbocycles. The van der Waals surface area contributed by atoms with Gasteiger partial charge in [0.15, 0.2) is 0 Å². The molecule has 1 aliphatic heterocycles. The van der Waals surface area contributed by atoms with E-state index in [-0.39, 0.29) is 10.8 Å². The molecular formula is C23H24ClN3O3S2. The van der Waals surface area contributed by atoms with Crippen molar-refractivity contribution >= 4 is 38.9 Å². The van der Waals surface area contributed by atoms with Gasteiger partial charge in [0, 0.05) is 58.6 Å². The minimum Gasteiger partial charge on any atom is -0.336 e. The molecule has 1 aromatic heterocycles. The molecule has 1 saturated heterocycles. The first-order valence-corrected chi connectivity index (χ1v) is 12.9. The zero-order valence-corrected chi connectivity index (χ0v) is 20.0. The smallest absolute Gasteiger partial charge is 0.253 e. The molecule has 0 radical (unpaired) electrons. The molecule has 0 bridgehead atoms. The van der Waals surface area contributed by atoms with Gasteiger partial charge in [-0.1, -0.05) is 29.8 Å². The summed E-state index contributed by atoms with van der Waals surface area (Å²) in [7, 11) is -2.15. The molecule has 6 nitrogen and oxygen atoms in total. The van der Waals surface area contributed by atoms with Gasteiger partial charge < -0.3 is 4.90 Å². The van der Waals surface area contributed by atoms with Gasteiger partial charge in [0.1, 0.15) is 0 Å². The van der Waals surface area contributed by atoms with Crippen LogP contribution in [0.2, 0.25) is 5.02 Å². The van der Waals surface area contributed by atoms with Crippen LogP contribution in [0.3, 0.4) is 0 Å². The Morgan fingerprint density at radius 1 is 1.00 bits per heavy atom. The minimum absolute atomic E-state index is 0.0739. The maximum atomic E-state index is 12.8. The predicted octanol–water partition coefficient (Wildman–Crippen LogP) is 3.93. The van der Waals surface area contributed by atoms with Gasteiger partial charge in [-0.15, -0.1) is 11.3 Å². The molecular weight excluding hydrogens is 466 g/mol. The average molecular weight is 490 g/mol. The van der Waals surface area contributed by atoms with Crippen molar-refractivity contribution in [1.29, 1.82) is 0 Å². The summed E-state index contributed by atoms with van der Waals surface area (Å²) in [5.74, 6) is -0.0739. The molecule has 32 heavy (non-hydrogen) atoms. The van der Waals surface area contributed by atoms with Crippen molar-refractivity contribution in [1.82, 2.24) is 14.5 Å². The van der Waals surface area contributed by atoms with E-state index in [1.54, 1.807) is 23.5 Å². The van der Waals surface area contributed by atoms with Crippen LogP contribution in [0.25, 0.3) is 10.4 Å². The third kappa shape index (κ3) is 5.05. The number of amides is 1. The Bertz CT molecular complexity index is 1200. The van der Waals surface area contributed by atoms with Crippen molar-refractivity contribution in [2.24, 2.45) is 0 Å². The van der Waals surface area contributed by atoms with Crippen LogP contribution in [-0.2, 0) is 16.6 Å². The van der Waals surface area contributed by atoms with Crippen LogP contribution >= 0.6 is 22.9 Å². The highest BCUT2D eigenvalue weighted by Crippen LogP contribution is 2.33. The number of thiophene rings is 1. The summed E-state index contributed by atoms with van der Waals surface area (Å²) in [5.41, 5.74) is 1.55. The molecule has 1 fully saturated rings. The highest BCUT2D eigenvalue weighted by atomic mass is 35.5. The number of rotatable bonds is 6. The van der Waals surface area contributed by atoms with E-state index in [9.17, 15) is 13.2 Å². The van der Waals surface area contributed by atoms with Crippen LogP contribution in [-0.4, -0.2) is 57.4 Å². The highest BCUT2D eigenvalue weighted by Gasteiger charge is 2.23. The van der Waals surface area contributed by atoms with Crippen molar-refractivity contribution in [3.8, 4) is 10.4 Å². The SMILES string of the molecule is CNS(=O)(=O)c1ccc(C(=O)N2CCN(Cc3ccc(-c4ccccc4Cl)s3)CC2)cc1. The van der Waals surface area contributed by atoms with E-state index in [4.69, 9.17) is 11.6 Å². The van der Waals surface area contributed by atoms with Crippen LogP contribution < -0.4 is 4.72 Å². The van der Waals surface area contributed by atoms with Crippen molar-refractivity contribution in [3.05, 3.63) is 76.1 Å². The van der Waals surface area contributed by atoms with Gasteiger partial charge in [-0.2, -0.15) is 0 Å². The highest BCUT2D eigenvalue weighted by molar-refractivity contribution is 7.89. The number of carbonyl (C=O) groups is 1. The molecule has 3 aromatic rings. The Morgan fingerprint density at radius 3 is 2.34 bits per heavy atom. The van der Waals surface area contributed by atoms with Crippen molar-refractivity contribution < 1.29 is 13.2 Å².